The van der Waals surface area contributed by atoms with Crippen LogP contribution in [-0.4, -0.2) is 28.0 Å². The standard InChI is InChI=1S/C10H12ClN3O2S/c11-8-4-12-5-9(14(15)16)10(8)13-3-7-1-2-17-6-7/h4-5,7H,1-3,6H2,(H,12,13). The Kier molecular flexibility index (Phi) is 4.06. The van der Waals surface area contributed by atoms with E-state index in [0.29, 0.717) is 16.6 Å². The minimum Gasteiger partial charge on any atom is -0.378 e. The van der Waals surface area contributed by atoms with E-state index in [9.17, 15) is 10.1 Å². The molecular formula is C10H12ClN3O2S. The van der Waals surface area contributed by atoms with E-state index < -0.39 is 4.92 Å². The van der Waals surface area contributed by atoms with E-state index in [0.717, 1.165) is 18.7 Å². The van der Waals surface area contributed by atoms with Crippen molar-refractivity contribution >= 4 is 34.7 Å². The first-order valence-corrected chi connectivity index (χ1v) is 6.81. The molecular weight excluding hydrogens is 262 g/mol. The van der Waals surface area contributed by atoms with Crippen LogP contribution in [0.5, 0.6) is 0 Å². The molecule has 2 heterocycles. The third-order valence-corrected chi connectivity index (χ3v) is 4.19. The summed E-state index contributed by atoms with van der Waals surface area (Å²) in [5.41, 5.74) is 0.312. The van der Waals surface area contributed by atoms with Gasteiger partial charge in [-0.2, -0.15) is 11.8 Å². The molecule has 0 saturated carbocycles. The fourth-order valence-electron chi connectivity index (χ4n) is 1.73. The van der Waals surface area contributed by atoms with Crippen LogP contribution in [0.1, 0.15) is 6.42 Å². The average molecular weight is 274 g/mol. The smallest absolute Gasteiger partial charge is 0.311 e. The second-order valence-corrected chi connectivity index (χ2v) is 5.44. The van der Waals surface area contributed by atoms with E-state index in [4.69, 9.17) is 11.6 Å². The van der Waals surface area contributed by atoms with Gasteiger partial charge >= 0.3 is 5.69 Å². The minimum atomic E-state index is -0.468. The number of thioether (sulfide) groups is 1. The lowest BCUT2D eigenvalue weighted by Crippen LogP contribution is -2.14. The Hall–Kier alpha value is -1.01. The zero-order valence-electron chi connectivity index (χ0n) is 9.06. The van der Waals surface area contributed by atoms with Gasteiger partial charge < -0.3 is 5.32 Å². The van der Waals surface area contributed by atoms with Crippen LogP contribution in [0.15, 0.2) is 12.4 Å². The number of pyridine rings is 1. The zero-order valence-corrected chi connectivity index (χ0v) is 10.6. The van der Waals surface area contributed by atoms with Crippen LogP contribution in [0.4, 0.5) is 11.4 Å². The second kappa shape index (κ2) is 5.55. The summed E-state index contributed by atoms with van der Waals surface area (Å²) in [7, 11) is 0. The molecule has 1 saturated heterocycles. The molecule has 1 unspecified atom stereocenters. The average Bonchev–Trinajstić information content (AvgIpc) is 2.80. The van der Waals surface area contributed by atoms with Crippen molar-refractivity contribution in [2.45, 2.75) is 6.42 Å². The summed E-state index contributed by atoms with van der Waals surface area (Å²) in [5, 5.41) is 14.2. The third-order valence-electron chi connectivity index (χ3n) is 2.67. The molecule has 1 fully saturated rings. The third kappa shape index (κ3) is 3.01. The van der Waals surface area contributed by atoms with Crippen molar-refractivity contribution in [2.24, 2.45) is 5.92 Å². The van der Waals surface area contributed by atoms with E-state index in [2.05, 4.69) is 10.3 Å². The molecule has 1 N–H and O–H groups in total. The monoisotopic (exact) mass is 273 g/mol. The van der Waals surface area contributed by atoms with Gasteiger partial charge in [-0.1, -0.05) is 11.6 Å². The van der Waals surface area contributed by atoms with Gasteiger partial charge in [-0.25, -0.2) is 0 Å². The van der Waals surface area contributed by atoms with Crippen LogP contribution < -0.4 is 5.32 Å². The summed E-state index contributed by atoms with van der Waals surface area (Å²) in [6.45, 7) is 0.720. The fraction of sp³-hybridized carbons (Fsp3) is 0.500. The van der Waals surface area contributed by atoms with Crippen molar-refractivity contribution in [2.75, 3.05) is 23.4 Å². The normalized spacial score (nSPS) is 19.2. The van der Waals surface area contributed by atoms with Crippen molar-refractivity contribution in [1.29, 1.82) is 0 Å². The molecule has 0 bridgehead atoms. The Morgan fingerprint density at radius 1 is 1.65 bits per heavy atom. The molecule has 1 aromatic rings. The fourth-order valence-corrected chi connectivity index (χ4v) is 3.23. The maximum atomic E-state index is 10.8. The van der Waals surface area contributed by atoms with E-state index in [1.807, 2.05) is 11.8 Å². The highest BCUT2D eigenvalue weighted by Crippen LogP contribution is 2.32. The lowest BCUT2D eigenvalue weighted by Gasteiger charge is -2.12. The number of hydrogen-bond donors (Lipinski definition) is 1. The van der Waals surface area contributed by atoms with E-state index in [1.54, 1.807) is 0 Å². The minimum absolute atomic E-state index is 0.0665. The molecule has 92 valence electrons. The van der Waals surface area contributed by atoms with Gasteiger partial charge in [0, 0.05) is 12.7 Å². The van der Waals surface area contributed by atoms with Crippen LogP contribution in [0.25, 0.3) is 0 Å². The lowest BCUT2D eigenvalue weighted by molar-refractivity contribution is -0.384. The Labute approximate surface area is 108 Å². The van der Waals surface area contributed by atoms with E-state index >= 15 is 0 Å². The first-order valence-electron chi connectivity index (χ1n) is 5.28. The predicted octanol–water partition coefficient (Wildman–Crippen LogP) is 2.81. The predicted molar refractivity (Wildman–Crippen MR) is 69.8 cm³/mol. The number of rotatable bonds is 4. The number of halogens is 1. The van der Waals surface area contributed by atoms with Gasteiger partial charge in [0.25, 0.3) is 0 Å². The molecule has 1 aliphatic heterocycles. The largest absolute Gasteiger partial charge is 0.378 e. The summed E-state index contributed by atoms with van der Waals surface area (Å²) in [6.07, 6.45) is 3.78. The van der Waals surface area contributed by atoms with Crippen molar-refractivity contribution in [3.8, 4) is 0 Å². The molecule has 1 aromatic heterocycles. The maximum absolute atomic E-state index is 10.8. The van der Waals surface area contributed by atoms with Gasteiger partial charge in [-0.05, 0) is 23.8 Å². The van der Waals surface area contributed by atoms with Gasteiger partial charge in [0.05, 0.1) is 9.95 Å². The molecule has 1 aliphatic rings. The number of nitrogens with zero attached hydrogens (tertiary/aromatic N) is 2. The van der Waals surface area contributed by atoms with Crippen molar-refractivity contribution in [3.63, 3.8) is 0 Å². The molecule has 0 aliphatic carbocycles. The number of hydrogen-bond acceptors (Lipinski definition) is 5. The SMILES string of the molecule is O=[N+]([O-])c1cncc(Cl)c1NCC1CCSC1. The topological polar surface area (TPSA) is 68.1 Å². The maximum Gasteiger partial charge on any atom is 0.311 e. The zero-order chi connectivity index (χ0) is 12.3. The van der Waals surface area contributed by atoms with Gasteiger partial charge in [0.15, 0.2) is 0 Å². The van der Waals surface area contributed by atoms with Crippen LogP contribution in [0.3, 0.4) is 0 Å². The van der Waals surface area contributed by atoms with Crippen LogP contribution in [0, 0.1) is 16.0 Å². The molecule has 17 heavy (non-hydrogen) atoms. The number of nitro groups is 1. The molecule has 1 atom stereocenters. The Balaban J connectivity index is 2.10. The number of anilines is 1. The summed E-state index contributed by atoms with van der Waals surface area (Å²) < 4.78 is 0. The highest BCUT2D eigenvalue weighted by Gasteiger charge is 2.20. The van der Waals surface area contributed by atoms with E-state index in [1.165, 1.54) is 18.1 Å². The molecule has 2 rings (SSSR count). The van der Waals surface area contributed by atoms with Crippen molar-refractivity contribution in [1.82, 2.24) is 4.98 Å². The quantitative estimate of drug-likeness (QED) is 0.675. The number of aromatic nitrogens is 1. The van der Waals surface area contributed by atoms with Crippen LogP contribution in [-0.2, 0) is 0 Å². The summed E-state index contributed by atoms with van der Waals surface area (Å²) >= 11 is 7.84. The molecule has 5 nitrogen and oxygen atoms in total. The first kappa shape index (κ1) is 12.4. The Morgan fingerprint density at radius 2 is 2.47 bits per heavy atom. The molecule has 0 spiro atoms. The van der Waals surface area contributed by atoms with Gasteiger partial charge in [0.2, 0.25) is 0 Å². The first-order chi connectivity index (χ1) is 8.18. The van der Waals surface area contributed by atoms with Gasteiger partial charge in [-0.3, -0.25) is 15.1 Å². The summed E-state index contributed by atoms with van der Waals surface area (Å²) in [4.78, 5) is 14.1. The highest BCUT2D eigenvalue weighted by molar-refractivity contribution is 7.99. The molecule has 7 heteroatoms. The molecule has 0 aromatic carbocycles. The highest BCUT2D eigenvalue weighted by atomic mass is 35.5. The van der Waals surface area contributed by atoms with Crippen molar-refractivity contribution in [3.05, 3.63) is 27.5 Å². The van der Waals surface area contributed by atoms with Gasteiger partial charge in [0.1, 0.15) is 11.9 Å². The van der Waals surface area contributed by atoms with Crippen molar-refractivity contribution < 1.29 is 4.92 Å². The summed E-state index contributed by atoms with van der Waals surface area (Å²) in [5.74, 6) is 2.82. The molecule has 0 radical (unpaired) electrons. The lowest BCUT2D eigenvalue weighted by atomic mass is 10.1. The van der Waals surface area contributed by atoms with Crippen LogP contribution in [0.2, 0.25) is 5.02 Å². The number of nitrogens with one attached hydrogen (secondary N) is 1. The Bertz CT molecular complexity index is 424. The van der Waals surface area contributed by atoms with E-state index in [-0.39, 0.29) is 5.69 Å². The Morgan fingerprint density at radius 3 is 3.12 bits per heavy atom. The van der Waals surface area contributed by atoms with Gasteiger partial charge in [-0.15, -0.1) is 0 Å². The second-order valence-electron chi connectivity index (χ2n) is 3.88. The molecule has 0 amide bonds. The van der Waals surface area contributed by atoms with Crippen LogP contribution >= 0.6 is 23.4 Å². The summed E-state index contributed by atoms with van der Waals surface area (Å²) in [6, 6.07) is 0.